The number of hydrogen-bond acceptors (Lipinski definition) is 4. The molecule has 2 aromatic rings. The van der Waals surface area contributed by atoms with Crippen LogP contribution in [0.2, 0.25) is 0 Å². The number of hydrogen-bond donors (Lipinski definition) is 1. The van der Waals surface area contributed by atoms with Gasteiger partial charge in [0, 0.05) is 36.4 Å². The van der Waals surface area contributed by atoms with Gasteiger partial charge in [0.15, 0.2) is 0 Å². The maximum atomic E-state index is 5.80. The molecule has 1 aliphatic heterocycles. The molecule has 4 heteroatoms. The van der Waals surface area contributed by atoms with Gasteiger partial charge >= 0.3 is 0 Å². The quantitative estimate of drug-likeness (QED) is 0.914. The molecule has 0 amide bonds. The van der Waals surface area contributed by atoms with Gasteiger partial charge in [-0.15, -0.1) is 0 Å². The minimum Gasteiger partial charge on any atom is -0.493 e. The van der Waals surface area contributed by atoms with E-state index in [9.17, 15) is 0 Å². The van der Waals surface area contributed by atoms with E-state index in [4.69, 9.17) is 15.2 Å². The van der Waals surface area contributed by atoms with Crippen LogP contribution >= 0.6 is 0 Å². The zero-order valence-electron chi connectivity index (χ0n) is 10.8. The summed E-state index contributed by atoms with van der Waals surface area (Å²) < 4.78 is 10.7. The van der Waals surface area contributed by atoms with Crippen molar-refractivity contribution < 1.29 is 9.47 Å². The summed E-state index contributed by atoms with van der Waals surface area (Å²) in [6.45, 7) is 1.23. The predicted molar refractivity (Wildman–Crippen MR) is 73.3 cm³/mol. The number of fused-ring (bicyclic) bond motifs is 1. The number of benzene rings is 1. The molecule has 0 saturated carbocycles. The SMILES string of the molecule is COc1ccc(-c2cc(CN)c3c(c2)CCO3)cn1. The van der Waals surface area contributed by atoms with E-state index in [1.165, 1.54) is 5.56 Å². The molecule has 0 unspecified atom stereocenters. The highest BCUT2D eigenvalue weighted by Gasteiger charge is 2.17. The Morgan fingerprint density at radius 3 is 2.89 bits per heavy atom. The van der Waals surface area contributed by atoms with E-state index in [2.05, 4.69) is 17.1 Å². The van der Waals surface area contributed by atoms with Crippen molar-refractivity contribution in [2.24, 2.45) is 5.73 Å². The van der Waals surface area contributed by atoms with Crippen LogP contribution in [0, 0.1) is 0 Å². The third-order valence-electron chi connectivity index (χ3n) is 3.36. The molecule has 2 heterocycles. The Balaban J connectivity index is 2.04. The fourth-order valence-electron chi connectivity index (χ4n) is 2.38. The first-order chi connectivity index (χ1) is 9.31. The van der Waals surface area contributed by atoms with Gasteiger partial charge < -0.3 is 15.2 Å². The summed E-state index contributed by atoms with van der Waals surface area (Å²) in [5.41, 5.74) is 10.3. The minimum atomic E-state index is 0.486. The second-order valence-electron chi connectivity index (χ2n) is 4.52. The van der Waals surface area contributed by atoms with Gasteiger partial charge in [-0.3, -0.25) is 0 Å². The molecule has 2 N–H and O–H groups in total. The summed E-state index contributed by atoms with van der Waals surface area (Å²) in [7, 11) is 1.61. The highest BCUT2D eigenvalue weighted by molar-refractivity contribution is 5.67. The van der Waals surface area contributed by atoms with Crippen molar-refractivity contribution in [1.82, 2.24) is 4.98 Å². The lowest BCUT2D eigenvalue weighted by molar-refractivity contribution is 0.353. The van der Waals surface area contributed by atoms with Gasteiger partial charge in [0.25, 0.3) is 0 Å². The molecule has 4 nitrogen and oxygen atoms in total. The van der Waals surface area contributed by atoms with Gasteiger partial charge in [-0.1, -0.05) is 0 Å². The van der Waals surface area contributed by atoms with Crippen LogP contribution in [0.4, 0.5) is 0 Å². The van der Waals surface area contributed by atoms with Crippen LogP contribution < -0.4 is 15.2 Å². The monoisotopic (exact) mass is 256 g/mol. The maximum absolute atomic E-state index is 5.80. The second kappa shape index (κ2) is 4.90. The number of aromatic nitrogens is 1. The molecule has 0 atom stereocenters. The third-order valence-corrected chi connectivity index (χ3v) is 3.36. The standard InChI is InChI=1S/C15H16N2O2/c1-18-14-3-2-11(9-17-14)12-6-10-4-5-19-15(10)13(7-12)8-16/h2-3,6-7,9H,4-5,8,16H2,1H3. The Morgan fingerprint density at radius 2 is 2.21 bits per heavy atom. The minimum absolute atomic E-state index is 0.486. The summed E-state index contributed by atoms with van der Waals surface area (Å²) in [6, 6.07) is 8.10. The van der Waals surface area contributed by atoms with Gasteiger partial charge in [-0.25, -0.2) is 4.98 Å². The molecule has 19 heavy (non-hydrogen) atoms. The molecular weight excluding hydrogens is 240 g/mol. The maximum Gasteiger partial charge on any atom is 0.212 e. The Bertz CT molecular complexity index is 594. The number of ether oxygens (including phenoxy) is 2. The third kappa shape index (κ3) is 2.15. The Labute approximate surface area is 112 Å². The van der Waals surface area contributed by atoms with Crippen molar-refractivity contribution in [3.8, 4) is 22.8 Å². The Hall–Kier alpha value is -2.07. The topological polar surface area (TPSA) is 57.4 Å². The van der Waals surface area contributed by atoms with Crippen molar-refractivity contribution in [3.63, 3.8) is 0 Å². The van der Waals surface area contributed by atoms with Crippen LogP contribution in [0.3, 0.4) is 0 Å². The molecule has 3 rings (SSSR count). The average Bonchev–Trinajstić information content (AvgIpc) is 2.94. The normalized spacial score (nSPS) is 12.9. The number of methoxy groups -OCH3 is 1. The first-order valence-corrected chi connectivity index (χ1v) is 6.31. The van der Waals surface area contributed by atoms with Crippen molar-refractivity contribution in [1.29, 1.82) is 0 Å². The molecule has 1 aromatic carbocycles. The van der Waals surface area contributed by atoms with Crippen LogP contribution in [-0.4, -0.2) is 18.7 Å². The molecule has 1 aliphatic rings. The molecule has 0 aliphatic carbocycles. The summed E-state index contributed by atoms with van der Waals surface area (Å²) >= 11 is 0. The highest BCUT2D eigenvalue weighted by atomic mass is 16.5. The van der Waals surface area contributed by atoms with E-state index < -0.39 is 0 Å². The van der Waals surface area contributed by atoms with Crippen LogP contribution in [0.5, 0.6) is 11.6 Å². The Morgan fingerprint density at radius 1 is 1.32 bits per heavy atom. The number of pyridine rings is 1. The molecule has 0 saturated heterocycles. The molecule has 0 fully saturated rings. The summed E-state index contributed by atoms with van der Waals surface area (Å²) in [6.07, 6.45) is 2.76. The number of nitrogens with two attached hydrogens (primary N) is 1. The molecule has 0 spiro atoms. The second-order valence-corrected chi connectivity index (χ2v) is 4.52. The lowest BCUT2D eigenvalue weighted by Crippen LogP contribution is -2.00. The van der Waals surface area contributed by atoms with Crippen LogP contribution in [0.1, 0.15) is 11.1 Å². The van der Waals surface area contributed by atoms with E-state index >= 15 is 0 Å². The molecule has 0 radical (unpaired) electrons. The average molecular weight is 256 g/mol. The Kier molecular flexibility index (Phi) is 3.09. The molecule has 98 valence electrons. The van der Waals surface area contributed by atoms with Crippen molar-refractivity contribution in [3.05, 3.63) is 41.6 Å². The largest absolute Gasteiger partial charge is 0.493 e. The predicted octanol–water partition coefficient (Wildman–Crippen LogP) is 2.15. The fourth-order valence-corrected chi connectivity index (χ4v) is 2.38. The fraction of sp³-hybridized carbons (Fsp3) is 0.267. The van der Waals surface area contributed by atoms with Crippen LogP contribution in [0.15, 0.2) is 30.5 Å². The van der Waals surface area contributed by atoms with Crippen molar-refractivity contribution >= 4 is 0 Å². The van der Waals surface area contributed by atoms with Gasteiger partial charge in [-0.2, -0.15) is 0 Å². The van der Waals surface area contributed by atoms with E-state index in [1.807, 2.05) is 18.3 Å². The smallest absolute Gasteiger partial charge is 0.212 e. The van der Waals surface area contributed by atoms with E-state index in [1.54, 1.807) is 7.11 Å². The lowest BCUT2D eigenvalue weighted by atomic mass is 9.99. The zero-order chi connectivity index (χ0) is 13.2. The first-order valence-electron chi connectivity index (χ1n) is 6.31. The first kappa shape index (κ1) is 12.0. The molecule has 1 aromatic heterocycles. The van der Waals surface area contributed by atoms with Crippen LogP contribution in [0.25, 0.3) is 11.1 Å². The summed E-state index contributed by atoms with van der Waals surface area (Å²) in [5, 5.41) is 0. The van der Waals surface area contributed by atoms with E-state index in [-0.39, 0.29) is 0 Å². The van der Waals surface area contributed by atoms with Gasteiger partial charge in [0.05, 0.1) is 13.7 Å². The number of rotatable bonds is 3. The van der Waals surface area contributed by atoms with Gasteiger partial charge in [0.2, 0.25) is 5.88 Å². The van der Waals surface area contributed by atoms with Crippen molar-refractivity contribution in [2.75, 3.05) is 13.7 Å². The molecular formula is C15H16N2O2. The van der Waals surface area contributed by atoms with Gasteiger partial charge in [-0.05, 0) is 29.3 Å². The molecule has 0 bridgehead atoms. The zero-order valence-corrected chi connectivity index (χ0v) is 10.8. The van der Waals surface area contributed by atoms with Crippen LogP contribution in [-0.2, 0) is 13.0 Å². The lowest BCUT2D eigenvalue weighted by Gasteiger charge is -2.10. The van der Waals surface area contributed by atoms with E-state index in [0.29, 0.717) is 12.4 Å². The van der Waals surface area contributed by atoms with Gasteiger partial charge in [0.1, 0.15) is 5.75 Å². The van der Waals surface area contributed by atoms with E-state index in [0.717, 1.165) is 35.5 Å². The highest BCUT2D eigenvalue weighted by Crippen LogP contribution is 2.34. The number of nitrogens with zero attached hydrogens (tertiary/aromatic N) is 1. The summed E-state index contributed by atoms with van der Waals surface area (Å²) in [5.74, 6) is 1.58. The summed E-state index contributed by atoms with van der Waals surface area (Å²) in [4.78, 5) is 4.24. The van der Waals surface area contributed by atoms with Crippen molar-refractivity contribution in [2.45, 2.75) is 13.0 Å².